The fourth-order valence-electron chi connectivity index (χ4n) is 4.14. The van der Waals surface area contributed by atoms with Gasteiger partial charge >= 0.3 is 0 Å². The van der Waals surface area contributed by atoms with Gasteiger partial charge in [-0.1, -0.05) is 54.7 Å². The minimum Gasteiger partial charge on any atom is -0.496 e. The number of carbonyl (C=O) groups excluding carboxylic acids is 1. The minimum atomic E-state index is -0.0947. The maximum atomic E-state index is 12.8. The van der Waals surface area contributed by atoms with Crippen LogP contribution in [0.2, 0.25) is 0 Å². The lowest BCUT2D eigenvalue weighted by Gasteiger charge is -2.41. The second-order valence-electron chi connectivity index (χ2n) is 7.50. The van der Waals surface area contributed by atoms with Crippen molar-refractivity contribution in [3.63, 3.8) is 0 Å². The van der Waals surface area contributed by atoms with Crippen LogP contribution in [0.3, 0.4) is 0 Å². The Labute approximate surface area is 172 Å². The second-order valence-corrected chi connectivity index (χ2v) is 8.12. The minimum absolute atomic E-state index is 0.0630. The third kappa shape index (κ3) is 4.71. The molecule has 2 aromatic rings. The van der Waals surface area contributed by atoms with Gasteiger partial charge in [-0.05, 0) is 50.3 Å². The van der Waals surface area contributed by atoms with Crippen LogP contribution in [-0.2, 0) is 5.41 Å². The Morgan fingerprint density at radius 1 is 1.11 bits per heavy atom. The Kier molecular flexibility index (Phi) is 6.68. The molecule has 2 N–H and O–H groups in total. The van der Waals surface area contributed by atoms with E-state index in [1.165, 1.54) is 5.56 Å². The molecule has 0 aliphatic heterocycles. The molecule has 2 aromatic carbocycles. The van der Waals surface area contributed by atoms with Gasteiger partial charge in [0.25, 0.3) is 5.91 Å². The van der Waals surface area contributed by atoms with Gasteiger partial charge < -0.3 is 15.4 Å². The van der Waals surface area contributed by atoms with Crippen LogP contribution >= 0.6 is 12.2 Å². The van der Waals surface area contributed by atoms with Crippen LogP contribution < -0.4 is 15.4 Å². The molecule has 0 saturated heterocycles. The van der Waals surface area contributed by atoms with Gasteiger partial charge in [-0.3, -0.25) is 4.79 Å². The summed E-state index contributed by atoms with van der Waals surface area (Å²) in [6.07, 6.45) is 4.08. The number of rotatable bonds is 6. The zero-order valence-electron chi connectivity index (χ0n) is 16.5. The molecule has 0 bridgehead atoms. The number of hydrogen-bond acceptors (Lipinski definition) is 3. The van der Waals surface area contributed by atoms with Crippen molar-refractivity contribution in [1.29, 1.82) is 0 Å². The summed E-state index contributed by atoms with van der Waals surface area (Å²) >= 11 is 5.21. The highest BCUT2D eigenvalue weighted by Crippen LogP contribution is 2.39. The summed E-state index contributed by atoms with van der Waals surface area (Å²) in [5, 5.41) is 6.58. The lowest BCUT2D eigenvalue weighted by atomic mass is 9.68. The molecule has 1 aliphatic rings. The summed E-state index contributed by atoms with van der Waals surface area (Å²) in [6.45, 7) is 2.54. The van der Waals surface area contributed by atoms with Crippen molar-refractivity contribution in [1.82, 2.24) is 10.6 Å². The number of benzene rings is 2. The number of para-hydroxylation sites is 1. The third-order valence-electron chi connectivity index (χ3n) is 5.68. The first kappa shape index (κ1) is 20.3. The van der Waals surface area contributed by atoms with Gasteiger partial charge in [0.1, 0.15) is 5.75 Å². The topological polar surface area (TPSA) is 50.4 Å². The number of carbonyl (C=O) groups is 1. The van der Waals surface area contributed by atoms with E-state index in [0.29, 0.717) is 23.9 Å². The molecule has 0 spiro atoms. The summed E-state index contributed by atoms with van der Waals surface area (Å²) in [6, 6.07) is 18.3. The Hall–Kier alpha value is -2.40. The van der Waals surface area contributed by atoms with Gasteiger partial charge in [0.15, 0.2) is 0 Å². The fraction of sp³-hybridized carbons (Fsp3) is 0.391. The Morgan fingerprint density at radius 3 is 2.39 bits per heavy atom. The first-order valence-electron chi connectivity index (χ1n) is 9.78. The lowest BCUT2D eigenvalue weighted by Crippen LogP contribution is -2.47. The maximum absolute atomic E-state index is 12.8. The quantitative estimate of drug-likeness (QED) is 0.717. The van der Waals surface area contributed by atoms with Crippen LogP contribution in [0, 0.1) is 0 Å². The van der Waals surface area contributed by atoms with E-state index < -0.39 is 0 Å². The van der Waals surface area contributed by atoms with E-state index in [4.69, 9.17) is 17.0 Å². The number of ether oxygens (including phenoxy) is 1. The SMILES string of the molecule is COc1ccccc1C(=O)NC[C@]1(c2ccccc2)CC[C@@H](NC(C)=S)CC1. The van der Waals surface area contributed by atoms with Gasteiger partial charge in [-0.2, -0.15) is 0 Å². The molecule has 0 radical (unpaired) electrons. The molecule has 4 nitrogen and oxygen atoms in total. The van der Waals surface area contributed by atoms with Gasteiger partial charge in [0, 0.05) is 18.0 Å². The number of hydrogen-bond donors (Lipinski definition) is 2. The van der Waals surface area contributed by atoms with E-state index >= 15 is 0 Å². The fourth-order valence-corrected chi connectivity index (χ4v) is 4.30. The van der Waals surface area contributed by atoms with E-state index in [-0.39, 0.29) is 11.3 Å². The van der Waals surface area contributed by atoms with Crippen molar-refractivity contribution in [2.24, 2.45) is 0 Å². The molecule has 1 saturated carbocycles. The van der Waals surface area contributed by atoms with Crippen LogP contribution in [0.1, 0.15) is 48.5 Å². The molecule has 0 aromatic heterocycles. The predicted molar refractivity (Wildman–Crippen MR) is 117 cm³/mol. The van der Waals surface area contributed by atoms with Crippen LogP contribution in [0.4, 0.5) is 0 Å². The Morgan fingerprint density at radius 2 is 1.75 bits per heavy atom. The van der Waals surface area contributed by atoms with Gasteiger partial charge in [-0.15, -0.1) is 0 Å². The normalized spacial score (nSPS) is 21.6. The highest BCUT2D eigenvalue weighted by atomic mass is 32.1. The summed E-state index contributed by atoms with van der Waals surface area (Å²) in [5.74, 6) is 0.501. The molecular formula is C23H28N2O2S. The molecule has 1 aliphatic carbocycles. The first-order chi connectivity index (χ1) is 13.5. The molecule has 3 rings (SSSR count). The first-order valence-corrected chi connectivity index (χ1v) is 10.2. The highest BCUT2D eigenvalue weighted by Gasteiger charge is 2.37. The van der Waals surface area contributed by atoms with E-state index in [1.807, 2.05) is 31.2 Å². The molecule has 148 valence electrons. The average molecular weight is 397 g/mol. The molecule has 0 atom stereocenters. The largest absolute Gasteiger partial charge is 0.496 e. The number of thiocarbonyl (C=S) groups is 1. The molecule has 1 fully saturated rings. The smallest absolute Gasteiger partial charge is 0.255 e. The summed E-state index contributed by atoms with van der Waals surface area (Å²) < 4.78 is 5.34. The standard InChI is InChI=1S/C23H28N2O2S/c1-17(28)25-19-12-14-23(15-13-19,18-8-4-3-5-9-18)16-24-22(26)20-10-6-7-11-21(20)27-2/h3-11,19H,12-16H2,1-2H3,(H,24,26)(H,25,28)/t19-,23+. The zero-order chi connectivity index (χ0) is 20.0. The van der Waals surface area contributed by atoms with Crippen LogP contribution in [0.5, 0.6) is 5.75 Å². The van der Waals surface area contributed by atoms with Crippen LogP contribution in [0.25, 0.3) is 0 Å². The van der Waals surface area contributed by atoms with Crippen LogP contribution in [-0.4, -0.2) is 30.6 Å². The molecule has 1 amide bonds. The maximum Gasteiger partial charge on any atom is 0.255 e. The Balaban J connectivity index is 1.76. The molecule has 28 heavy (non-hydrogen) atoms. The van der Waals surface area contributed by atoms with Gasteiger partial charge in [-0.25, -0.2) is 0 Å². The highest BCUT2D eigenvalue weighted by molar-refractivity contribution is 7.80. The van der Waals surface area contributed by atoms with Crippen LogP contribution in [0.15, 0.2) is 54.6 Å². The number of amides is 1. The Bertz CT molecular complexity index is 814. The van der Waals surface area contributed by atoms with Crippen molar-refractivity contribution < 1.29 is 9.53 Å². The zero-order valence-corrected chi connectivity index (χ0v) is 17.4. The van der Waals surface area contributed by atoms with Crippen molar-refractivity contribution in [2.75, 3.05) is 13.7 Å². The second kappa shape index (κ2) is 9.20. The summed E-state index contributed by atoms with van der Waals surface area (Å²) in [4.78, 5) is 13.7. The number of nitrogens with one attached hydrogen (secondary N) is 2. The third-order valence-corrected chi connectivity index (χ3v) is 5.79. The lowest BCUT2D eigenvalue weighted by molar-refractivity contribution is 0.0932. The monoisotopic (exact) mass is 396 g/mol. The van der Waals surface area contributed by atoms with E-state index in [0.717, 1.165) is 30.7 Å². The van der Waals surface area contributed by atoms with Crippen molar-refractivity contribution in [3.05, 3.63) is 65.7 Å². The molecule has 0 heterocycles. The molecule has 5 heteroatoms. The summed E-state index contributed by atoms with van der Waals surface area (Å²) in [5.41, 5.74) is 1.79. The average Bonchev–Trinajstić information content (AvgIpc) is 2.73. The van der Waals surface area contributed by atoms with E-state index in [9.17, 15) is 4.79 Å². The molecule has 0 unspecified atom stereocenters. The van der Waals surface area contributed by atoms with E-state index in [1.54, 1.807) is 13.2 Å². The molecular weight excluding hydrogens is 368 g/mol. The van der Waals surface area contributed by atoms with Gasteiger partial charge in [0.05, 0.1) is 17.7 Å². The number of methoxy groups -OCH3 is 1. The van der Waals surface area contributed by atoms with Gasteiger partial charge in [0.2, 0.25) is 0 Å². The van der Waals surface area contributed by atoms with Crippen molar-refractivity contribution in [2.45, 2.75) is 44.1 Å². The van der Waals surface area contributed by atoms with Crippen molar-refractivity contribution >= 4 is 23.1 Å². The van der Waals surface area contributed by atoms with Crippen molar-refractivity contribution in [3.8, 4) is 5.75 Å². The van der Waals surface area contributed by atoms with E-state index in [2.05, 4.69) is 34.9 Å². The predicted octanol–water partition coefficient (Wildman–Crippen LogP) is 4.24. The summed E-state index contributed by atoms with van der Waals surface area (Å²) in [7, 11) is 1.59.